The summed E-state index contributed by atoms with van der Waals surface area (Å²) < 4.78 is 18.8. The minimum absolute atomic E-state index is 0.0328. The van der Waals surface area contributed by atoms with E-state index in [0.717, 1.165) is 12.1 Å². The zero-order valence-corrected chi connectivity index (χ0v) is 11.8. The van der Waals surface area contributed by atoms with Crippen molar-refractivity contribution in [1.82, 2.24) is 0 Å². The highest BCUT2D eigenvalue weighted by molar-refractivity contribution is 6.60. The predicted octanol–water partition coefficient (Wildman–Crippen LogP) is 0.987. The number of hydrogen-bond acceptors (Lipinski definition) is 5. The molecule has 0 radical (unpaired) electrons. The first-order valence-electron chi connectivity index (χ1n) is 5.98. The van der Waals surface area contributed by atoms with Crippen LogP contribution in [-0.2, 0) is 4.65 Å². The van der Waals surface area contributed by atoms with Gasteiger partial charge in [-0.25, -0.2) is 0 Å². The molecule has 0 saturated heterocycles. The van der Waals surface area contributed by atoms with Gasteiger partial charge in [0.1, 0.15) is 0 Å². The maximum absolute atomic E-state index is 13.5. The maximum Gasteiger partial charge on any atom is 0.491 e. The second kappa shape index (κ2) is 5.47. The highest BCUT2D eigenvalue weighted by Crippen LogP contribution is 2.25. The first-order chi connectivity index (χ1) is 8.95. The lowest BCUT2D eigenvalue weighted by Crippen LogP contribution is -2.53. The average Bonchev–Trinajstić information content (AvgIpc) is 2.25. The van der Waals surface area contributed by atoms with Crippen LogP contribution >= 0.6 is 0 Å². The Labute approximate surface area is 116 Å². The molecule has 0 fully saturated rings. The van der Waals surface area contributed by atoms with Crippen LogP contribution in [-0.4, -0.2) is 33.4 Å². The van der Waals surface area contributed by atoms with Crippen molar-refractivity contribution in [3.8, 4) is 0 Å². The van der Waals surface area contributed by atoms with E-state index in [0.29, 0.717) is 0 Å². The fraction of sp³-hybridized carbons (Fsp3) is 0.500. The smallest absolute Gasteiger partial charge is 0.423 e. The quantitative estimate of drug-likeness (QED) is 0.478. The Morgan fingerprint density at radius 3 is 2.30 bits per heavy atom. The molecule has 0 atom stereocenters. The summed E-state index contributed by atoms with van der Waals surface area (Å²) in [7, 11) is -1.51. The Bertz CT molecular complexity index is 515. The van der Waals surface area contributed by atoms with Crippen LogP contribution in [0.15, 0.2) is 18.2 Å². The van der Waals surface area contributed by atoms with Crippen molar-refractivity contribution in [2.45, 2.75) is 38.9 Å². The van der Waals surface area contributed by atoms with Gasteiger partial charge < -0.3 is 14.8 Å². The van der Waals surface area contributed by atoms with Gasteiger partial charge in [0.2, 0.25) is 0 Å². The summed E-state index contributed by atoms with van der Waals surface area (Å²) in [5.74, 6) is -1.06. The van der Waals surface area contributed by atoms with Gasteiger partial charge in [-0.1, -0.05) is 6.07 Å². The molecule has 6 nitrogen and oxygen atoms in total. The molecule has 110 valence electrons. The molecular formula is C12H17BFNO5. The zero-order valence-electron chi connectivity index (χ0n) is 11.8. The molecule has 0 aliphatic carbocycles. The van der Waals surface area contributed by atoms with Crippen LogP contribution in [0.2, 0.25) is 0 Å². The molecule has 20 heavy (non-hydrogen) atoms. The van der Waals surface area contributed by atoms with Crippen molar-refractivity contribution < 1.29 is 24.1 Å². The highest BCUT2D eigenvalue weighted by Gasteiger charge is 2.39. The number of aliphatic hydroxyl groups is 1. The molecule has 1 aromatic carbocycles. The molecule has 0 aromatic heterocycles. The van der Waals surface area contributed by atoms with Crippen LogP contribution in [0.4, 0.5) is 10.1 Å². The van der Waals surface area contributed by atoms with Crippen LogP contribution in [0.5, 0.6) is 0 Å². The summed E-state index contributed by atoms with van der Waals surface area (Å²) in [5.41, 5.74) is -2.99. The van der Waals surface area contributed by atoms with Crippen molar-refractivity contribution >= 4 is 18.3 Å². The Balaban J connectivity index is 2.97. The van der Waals surface area contributed by atoms with E-state index < -0.39 is 34.7 Å². The van der Waals surface area contributed by atoms with Gasteiger partial charge in [0.05, 0.1) is 16.1 Å². The molecule has 0 heterocycles. The Morgan fingerprint density at radius 1 is 1.35 bits per heavy atom. The van der Waals surface area contributed by atoms with Gasteiger partial charge in [-0.05, 0) is 39.2 Å². The molecule has 0 amide bonds. The third-order valence-corrected chi connectivity index (χ3v) is 3.33. The number of hydrogen-bond donors (Lipinski definition) is 2. The molecule has 0 bridgehead atoms. The fourth-order valence-electron chi connectivity index (χ4n) is 1.32. The molecule has 0 unspecified atom stereocenters. The number of nitrogens with zero attached hydrogens (tertiary/aromatic N) is 1. The summed E-state index contributed by atoms with van der Waals surface area (Å²) in [6, 6.07) is 2.99. The summed E-state index contributed by atoms with van der Waals surface area (Å²) in [5, 5.41) is 30.3. The van der Waals surface area contributed by atoms with Gasteiger partial charge in [0.25, 0.3) is 0 Å². The summed E-state index contributed by atoms with van der Waals surface area (Å²) in [6.07, 6.45) is 0. The number of halogens is 1. The minimum atomic E-state index is -1.51. The highest BCUT2D eigenvalue weighted by atomic mass is 19.1. The van der Waals surface area contributed by atoms with E-state index in [-0.39, 0.29) is 5.46 Å². The lowest BCUT2D eigenvalue weighted by Gasteiger charge is -2.38. The van der Waals surface area contributed by atoms with Crippen LogP contribution < -0.4 is 5.46 Å². The number of nitro benzene ring substituents is 1. The average molecular weight is 285 g/mol. The van der Waals surface area contributed by atoms with Gasteiger partial charge in [-0.15, -0.1) is 0 Å². The number of benzene rings is 1. The topological polar surface area (TPSA) is 92.8 Å². The van der Waals surface area contributed by atoms with Crippen LogP contribution in [0.3, 0.4) is 0 Å². The van der Waals surface area contributed by atoms with Crippen molar-refractivity contribution in [3.05, 3.63) is 34.1 Å². The molecule has 1 rings (SSSR count). The lowest BCUT2D eigenvalue weighted by atomic mass is 9.76. The normalized spacial score (nSPS) is 12.3. The molecule has 1 aromatic rings. The Kier molecular flexibility index (Phi) is 4.53. The van der Waals surface area contributed by atoms with Crippen molar-refractivity contribution in [2.24, 2.45) is 0 Å². The molecule has 0 saturated carbocycles. The van der Waals surface area contributed by atoms with Crippen LogP contribution in [0.1, 0.15) is 27.7 Å². The molecular weight excluding hydrogens is 268 g/mol. The summed E-state index contributed by atoms with van der Waals surface area (Å²) in [4.78, 5) is 9.65. The van der Waals surface area contributed by atoms with E-state index in [9.17, 15) is 24.6 Å². The van der Waals surface area contributed by atoms with E-state index in [1.54, 1.807) is 13.8 Å². The standard InChI is InChI=1S/C12H17BFNO5/c1-11(2,16)12(3,4)20-13(17)8-5-6-10(15(18)19)9(14)7-8/h5-7,16-17H,1-4H3. The van der Waals surface area contributed by atoms with Crippen molar-refractivity contribution in [3.63, 3.8) is 0 Å². The Hall–Kier alpha value is -1.51. The summed E-state index contributed by atoms with van der Waals surface area (Å²) >= 11 is 0. The van der Waals surface area contributed by atoms with Crippen molar-refractivity contribution in [1.29, 1.82) is 0 Å². The lowest BCUT2D eigenvalue weighted by molar-refractivity contribution is -0.387. The second-order valence-electron chi connectivity index (χ2n) is 5.51. The third-order valence-electron chi connectivity index (χ3n) is 3.33. The minimum Gasteiger partial charge on any atom is -0.423 e. The predicted molar refractivity (Wildman–Crippen MR) is 72.1 cm³/mol. The second-order valence-corrected chi connectivity index (χ2v) is 5.51. The van der Waals surface area contributed by atoms with E-state index in [4.69, 9.17) is 4.65 Å². The van der Waals surface area contributed by atoms with E-state index in [2.05, 4.69) is 0 Å². The third kappa shape index (κ3) is 3.53. The molecule has 2 N–H and O–H groups in total. The Morgan fingerprint density at radius 2 is 1.90 bits per heavy atom. The molecule has 8 heteroatoms. The number of rotatable bonds is 5. The largest absolute Gasteiger partial charge is 0.491 e. The van der Waals surface area contributed by atoms with Crippen LogP contribution in [0.25, 0.3) is 0 Å². The van der Waals surface area contributed by atoms with Crippen LogP contribution in [0, 0.1) is 15.9 Å². The summed E-state index contributed by atoms with van der Waals surface area (Å²) in [6.45, 7) is 6.15. The van der Waals surface area contributed by atoms with E-state index in [1.165, 1.54) is 19.9 Å². The van der Waals surface area contributed by atoms with E-state index in [1.807, 2.05) is 0 Å². The maximum atomic E-state index is 13.5. The van der Waals surface area contributed by atoms with Gasteiger partial charge in [-0.2, -0.15) is 4.39 Å². The monoisotopic (exact) mass is 285 g/mol. The first kappa shape index (κ1) is 16.5. The van der Waals surface area contributed by atoms with Gasteiger partial charge >= 0.3 is 12.8 Å². The fourth-order valence-corrected chi connectivity index (χ4v) is 1.32. The molecule has 0 aliphatic heterocycles. The van der Waals surface area contributed by atoms with Crippen molar-refractivity contribution in [2.75, 3.05) is 0 Å². The van der Waals surface area contributed by atoms with Gasteiger partial charge in [0.15, 0.2) is 5.82 Å². The van der Waals surface area contributed by atoms with Gasteiger partial charge in [0, 0.05) is 6.07 Å². The molecule has 0 spiro atoms. The first-order valence-corrected chi connectivity index (χ1v) is 5.98. The number of nitro groups is 1. The van der Waals surface area contributed by atoms with E-state index >= 15 is 0 Å². The molecule has 0 aliphatic rings. The van der Waals surface area contributed by atoms with Gasteiger partial charge in [-0.3, -0.25) is 10.1 Å². The zero-order chi connectivity index (χ0) is 15.7. The SMILES string of the molecule is CC(C)(O)C(C)(C)OB(O)c1ccc([N+](=O)[O-])c(F)c1.